The first-order chi connectivity index (χ1) is 7.96. The van der Waals surface area contributed by atoms with Gasteiger partial charge in [0.2, 0.25) is 0 Å². The van der Waals surface area contributed by atoms with E-state index in [9.17, 15) is 5.11 Å². The summed E-state index contributed by atoms with van der Waals surface area (Å²) >= 11 is 0. The van der Waals surface area contributed by atoms with Crippen LogP contribution in [-0.2, 0) is 5.41 Å². The first-order valence-corrected chi connectivity index (χ1v) is 6.48. The van der Waals surface area contributed by atoms with Crippen molar-refractivity contribution < 1.29 is 5.11 Å². The molecule has 0 spiro atoms. The Morgan fingerprint density at radius 2 is 1.71 bits per heavy atom. The Balaban J connectivity index is 2.39. The predicted octanol–water partition coefficient (Wildman–Crippen LogP) is 2.60. The monoisotopic (exact) mass is 233 g/mol. The number of nitrogens with two attached hydrogens (primary N) is 1. The first kappa shape index (κ1) is 12.6. The molecule has 1 aromatic rings. The molecule has 0 radical (unpaired) electrons. The third-order valence-electron chi connectivity index (χ3n) is 4.37. The van der Waals surface area contributed by atoms with Gasteiger partial charge in [0.1, 0.15) is 0 Å². The SMILES string of the molecule is CC(C)(N)[C@]1(c2ccccc2)CC[C@@H](O)CC1. The average Bonchev–Trinajstić information content (AvgIpc) is 2.30. The molecule has 1 aromatic carbocycles. The van der Waals surface area contributed by atoms with E-state index >= 15 is 0 Å². The zero-order valence-electron chi connectivity index (χ0n) is 10.8. The van der Waals surface area contributed by atoms with Crippen LogP contribution in [-0.4, -0.2) is 16.7 Å². The summed E-state index contributed by atoms with van der Waals surface area (Å²) in [6, 6.07) is 10.5. The number of benzene rings is 1. The second-order valence-electron chi connectivity index (χ2n) is 5.90. The van der Waals surface area contributed by atoms with Crippen molar-refractivity contribution in [2.24, 2.45) is 5.73 Å². The second kappa shape index (κ2) is 4.43. The highest BCUT2D eigenvalue weighted by atomic mass is 16.3. The minimum atomic E-state index is -0.255. The van der Waals surface area contributed by atoms with E-state index in [0.717, 1.165) is 25.7 Å². The molecule has 17 heavy (non-hydrogen) atoms. The van der Waals surface area contributed by atoms with Crippen LogP contribution in [0.2, 0.25) is 0 Å². The highest BCUT2D eigenvalue weighted by Gasteiger charge is 2.45. The summed E-state index contributed by atoms with van der Waals surface area (Å²) in [5.74, 6) is 0. The number of aliphatic hydroxyl groups excluding tert-OH is 1. The van der Waals surface area contributed by atoms with Gasteiger partial charge in [0.05, 0.1) is 6.10 Å². The van der Waals surface area contributed by atoms with Crippen molar-refractivity contribution in [1.82, 2.24) is 0 Å². The fourth-order valence-corrected chi connectivity index (χ4v) is 3.16. The average molecular weight is 233 g/mol. The van der Waals surface area contributed by atoms with Crippen LogP contribution in [0.25, 0.3) is 0 Å². The molecule has 0 unspecified atom stereocenters. The van der Waals surface area contributed by atoms with Gasteiger partial charge in [0, 0.05) is 11.0 Å². The summed E-state index contributed by atoms with van der Waals surface area (Å²) < 4.78 is 0. The molecule has 1 fully saturated rings. The molecular weight excluding hydrogens is 210 g/mol. The zero-order valence-corrected chi connectivity index (χ0v) is 10.8. The van der Waals surface area contributed by atoms with E-state index < -0.39 is 0 Å². The van der Waals surface area contributed by atoms with Crippen molar-refractivity contribution in [3.63, 3.8) is 0 Å². The van der Waals surface area contributed by atoms with E-state index in [2.05, 4.69) is 38.1 Å². The van der Waals surface area contributed by atoms with Crippen molar-refractivity contribution in [3.05, 3.63) is 35.9 Å². The summed E-state index contributed by atoms with van der Waals surface area (Å²) in [6.45, 7) is 4.22. The Kier molecular flexibility index (Phi) is 3.28. The van der Waals surface area contributed by atoms with Gasteiger partial charge in [0.25, 0.3) is 0 Å². The number of hydrogen-bond acceptors (Lipinski definition) is 2. The van der Waals surface area contributed by atoms with Gasteiger partial charge in [-0.15, -0.1) is 0 Å². The number of hydrogen-bond donors (Lipinski definition) is 2. The maximum atomic E-state index is 9.71. The summed E-state index contributed by atoms with van der Waals surface area (Å²) in [4.78, 5) is 0. The summed E-state index contributed by atoms with van der Waals surface area (Å²) in [7, 11) is 0. The van der Waals surface area contributed by atoms with E-state index in [1.807, 2.05) is 6.07 Å². The number of aliphatic hydroxyl groups is 1. The predicted molar refractivity (Wildman–Crippen MR) is 70.9 cm³/mol. The molecule has 2 nitrogen and oxygen atoms in total. The molecule has 2 heteroatoms. The van der Waals surface area contributed by atoms with Gasteiger partial charge in [-0.2, -0.15) is 0 Å². The Morgan fingerprint density at radius 1 is 1.18 bits per heavy atom. The quantitative estimate of drug-likeness (QED) is 0.824. The third kappa shape index (κ3) is 2.24. The molecule has 0 saturated heterocycles. The Bertz CT molecular complexity index is 358. The molecule has 0 heterocycles. The van der Waals surface area contributed by atoms with E-state index in [0.29, 0.717) is 0 Å². The molecule has 1 saturated carbocycles. The molecule has 0 aliphatic heterocycles. The zero-order chi connectivity index (χ0) is 12.5. The van der Waals surface area contributed by atoms with Gasteiger partial charge in [-0.05, 0) is 45.1 Å². The minimum Gasteiger partial charge on any atom is -0.393 e. The Hall–Kier alpha value is -0.860. The highest BCUT2D eigenvalue weighted by molar-refractivity contribution is 5.30. The van der Waals surface area contributed by atoms with Crippen LogP contribution in [0.5, 0.6) is 0 Å². The van der Waals surface area contributed by atoms with Gasteiger partial charge in [-0.3, -0.25) is 0 Å². The topological polar surface area (TPSA) is 46.2 Å². The molecule has 3 N–H and O–H groups in total. The van der Waals surface area contributed by atoms with Crippen molar-refractivity contribution in [3.8, 4) is 0 Å². The fraction of sp³-hybridized carbons (Fsp3) is 0.600. The third-order valence-corrected chi connectivity index (χ3v) is 4.37. The van der Waals surface area contributed by atoms with Crippen LogP contribution in [0.15, 0.2) is 30.3 Å². The highest BCUT2D eigenvalue weighted by Crippen LogP contribution is 2.45. The molecule has 94 valence electrons. The maximum Gasteiger partial charge on any atom is 0.0541 e. The van der Waals surface area contributed by atoms with E-state index in [1.54, 1.807) is 0 Å². The van der Waals surface area contributed by atoms with Gasteiger partial charge in [-0.25, -0.2) is 0 Å². The van der Waals surface area contributed by atoms with E-state index in [1.165, 1.54) is 5.56 Å². The Morgan fingerprint density at radius 3 is 2.18 bits per heavy atom. The maximum absolute atomic E-state index is 9.71. The fourth-order valence-electron chi connectivity index (χ4n) is 3.16. The largest absolute Gasteiger partial charge is 0.393 e. The molecule has 0 aromatic heterocycles. The van der Waals surface area contributed by atoms with Crippen LogP contribution < -0.4 is 5.73 Å². The molecule has 0 bridgehead atoms. The summed E-state index contributed by atoms with van der Waals surface area (Å²) in [5.41, 5.74) is 7.51. The van der Waals surface area contributed by atoms with Crippen molar-refractivity contribution in [1.29, 1.82) is 0 Å². The lowest BCUT2D eigenvalue weighted by Gasteiger charge is -2.48. The summed E-state index contributed by atoms with van der Waals surface area (Å²) in [6.07, 6.45) is 3.52. The van der Waals surface area contributed by atoms with Crippen LogP contribution >= 0.6 is 0 Å². The normalized spacial score (nSPS) is 30.2. The standard InChI is InChI=1S/C15H23NO/c1-14(2,16)15(10-8-13(17)9-11-15)12-6-4-3-5-7-12/h3-7,13,17H,8-11,16H2,1-2H3/t13-,15-. The lowest BCUT2D eigenvalue weighted by Crippen LogP contribution is -2.56. The second-order valence-corrected chi connectivity index (χ2v) is 5.90. The lowest BCUT2D eigenvalue weighted by molar-refractivity contribution is 0.0690. The lowest BCUT2D eigenvalue weighted by atomic mass is 9.59. The van der Waals surface area contributed by atoms with Gasteiger partial charge in [-0.1, -0.05) is 30.3 Å². The molecule has 0 atom stereocenters. The Labute approximate surface area is 104 Å². The van der Waals surface area contributed by atoms with E-state index in [-0.39, 0.29) is 17.1 Å². The molecular formula is C15H23NO. The van der Waals surface area contributed by atoms with Crippen LogP contribution in [0.3, 0.4) is 0 Å². The van der Waals surface area contributed by atoms with Crippen molar-refractivity contribution in [2.45, 2.75) is 56.6 Å². The van der Waals surface area contributed by atoms with E-state index in [4.69, 9.17) is 5.73 Å². The molecule has 2 rings (SSSR count). The molecule has 1 aliphatic carbocycles. The minimum absolute atomic E-state index is 0.00743. The van der Waals surface area contributed by atoms with Crippen molar-refractivity contribution in [2.75, 3.05) is 0 Å². The van der Waals surface area contributed by atoms with Crippen LogP contribution in [0, 0.1) is 0 Å². The van der Waals surface area contributed by atoms with Crippen LogP contribution in [0.4, 0.5) is 0 Å². The van der Waals surface area contributed by atoms with Gasteiger partial charge in [0.15, 0.2) is 0 Å². The van der Waals surface area contributed by atoms with Crippen LogP contribution in [0.1, 0.15) is 45.1 Å². The number of rotatable bonds is 2. The summed E-state index contributed by atoms with van der Waals surface area (Å²) in [5, 5.41) is 9.71. The van der Waals surface area contributed by atoms with Gasteiger partial charge < -0.3 is 10.8 Å². The molecule has 0 amide bonds. The van der Waals surface area contributed by atoms with Gasteiger partial charge >= 0.3 is 0 Å². The van der Waals surface area contributed by atoms with Crippen molar-refractivity contribution >= 4 is 0 Å². The smallest absolute Gasteiger partial charge is 0.0541 e. The first-order valence-electron chi connectivity index (χ1n) is 6.48. The molecule has 1 aliphatic rings.